The zero-order valence-corrected chi connectivity index (χ0v) is 20.6. The average molecular weight is 510 g/mol. The van der Waals surface area contributed by atoms with Crippen LogP contribution in [0.3, 0.4) is 0 Å². The van der Waals surface area contributed by atoms with Crippen LogP contribution >= 0.6 is 23.2 Å². The number of carbonyl (C=O) groups excluding carboxylic acids is 1. The number of anilines is 1. The first-order valence-corrected chi connectivity index (χ1v) is 12.4. The van der Waals surface area contributed by atoms with E-state index < -0.39 is 0 Å². The number of halogens is 2. The molecule has 1 aliphatic rings. The van der Waals surface area contributed by atoms with E-state index in [4.69, 9.17) is 32.4 Å². The third-order valence-corrected chi connectivity index (χ3v) is 6.56. The Hall–Kier alpha value is -3.22. The molecule has 1 amide bonds. The standard InChI is InChI=1S/C27H25Cl2N3O3/c28-19-7-9-22(23(29)14-19)27-31-24-15-20(8-10-25(24)35-27)30-16-18-5-4-6-21(13-18)34-17-26(33)32-11-2-1-3-12-32/h4-10,13-15,30H,1-3,11-12,16-17H2. The summed E-state index contributed by atoms with van der Waals surface area (Å²) in [5, 5.41) is 4.46. The van der Waals surface area contributed by atoms with E-state index in [2.05, 4.69) is 10.3 Å². The number of hydrogen-bond donors (Lipinski definition) is 1. The molecule has 0 spiro atoms. The van der Waals surface area contributed by atoms with E-state index in [1.165, 1.54) is 6.42 Å². The van der Waals surface area contributed by atoms with Crippen molar-refractivity contribution in [3.8, 4) is 17.2 Å². The molecule has 1 N–H and O–H groups in total. The number of rotatable bonds is 7. The Morgan fingerprint density at radius 2 is 1.89 bits per heavy atom. The molecule has 2 heterocycles. The van der Waals surface area contributed by atoms with Crippen molar-refractivity contribution in [3.05, 3.63) is 76.3 Å². The summed E-state index contributed by atoms with van der Waals surface area (Å²) in [6.45, 7) is 2.32. The van der Waals surface area contributed by atoms with Crippen molar-refractivity contribution in [1.29, 1.82) is 0 Å². The van der Waals surface area contributed by atoms with Gasteiger partial charge in [0.05, 0.1) is 10.6 Å². The van der Waals surface area contributed by atoms with Gasteiger partial charge in [-0.25, -0.2) is 4.98 Å². The first-order valence-electron chi connectivity index (χ1n) is 11.6. The summed E-state index contributed by atoms with van der Waals surface area (Å²) in [4.78, 5) is 18.8. The second-order valence-electron chi connectivity index (χ2n) is 8.56. The van der Waals surface area contributed by atoms with E-state index in [0.29, 0.717) is 39.4 Å². The maximum atomic E-state index is 12.4. The number of likely N-dealkylation sites (tertiary alicyclic amines) is 1. The Morgan fingerprint density at radius 3 is 2.71 bits per heavy atom. The van der Waals surface area contributed by atoms with Crippen LogP contribution in [-0.4, -0.2) is 35.5 Å². The number of oxazole rings is 1. The van der Waals surface area contributed by atoms with E-state index in [9.17, 15) is 4.79 Å². The molecule has 180 valence electrons. The van der Waals surface area contributed by atoms with Crippen LogP contribution < -0.4 is 10.1 Å². The van der Waals surface area contributed by atoms with Crippen molar-refractivity contribution < 1.29 is 13.9 Å². The molecule has 3 aromatic carbocycles. The minimum Gasteiger partial charge on any atom is -0.484 e. The fourth-order valence-corrected chi connectivity index (χ4v) is 4.63. The maximum Gasteiger partial charge on any atom is 0.260 e. The molecule has 35 heavy (non-hydrogen) atoms. The van der Waals surface area contributed by atoms with E-state index in [0.717, 1.165) is 42.7 Å². The molecule has 0 aliphatic carbocycles. The number of amides is 1. The molecule has 4 aromatic rings. The molecule has 0 bridgehead atoms. The largest absolute Gasteiger partial charge is 0.484 e. The van der Waals surface area contributed by atoms with Gasteiger partial charge in [-0.15, -0.1) is 0 Å². The second kappa shape index (κ2) is 10.6. The summed E-state index contributed by atoms with van der Waals surface area (Å²) < 4.78 is 11.7. The summed E-state index contributed by atoms with van der Waals surface area (Å²) in [5.74, 6) is 1.18. The van der Waals surface area contributed by atoms with Gasteiger partial charge in [-0.2, -0.15) is 0 Å². The molecule has 1 aliphatic heterocycles. The summed E-state index contributed by atoms with van der Waals surface area (Å²) in [7, 11) is 0. The van der Waals surface area contributed by atoms with Crippen molar-refractivity contribution in [3.63, 3.8) is 0 Å². The highest BCUT2D eigenvalue weighted by molar-refractivity contribution is 6.36. The molecule has 5 rings (SSSR count). The Bertz CT molecular complexity index is 1350. The van der Waals surface area contributed by atoms with Crippen LogP contribution in [0.2, 0.25) is 10.0 Å². The Balaban J connectivity index is 1.21. The van der Waals surface area contributed by atoms with Crippen LogP contribution in [0.5, 0.6) is 5.75 Å². The fourth-order valence-electron chi connectivity index (χ4n) is 4.14. The SMILES string of the molecule is O=C(COc1cccc(CNc2ccc3oc(-c4ccc(Cl)cc4Cl)nc3c2)c1)N1CCCCC1. The minimum atomic E-state index is 0.0494. The molecule has 0 radical (unpaired) electrons. The fraction of sp³-hybridized carbons (Fsp3) is 0.259. The number of hydrogen-bond acceptors (Lipinski definition) is 5. The van der Waals surface area contributed by atoms with Crippen LogP contribution in [0.1, 0.15) is 24.8 Å². The monoisotopic (exact) mass is 509 g/mol. The van der Waals surface area contributed by atoms with Crippen LogP contribution in [0.25, 0.3) is 22.6 Å². The zero-order valence-electron chi connectivity index (χ0n) is 19.1. The number of benzene rings is 3. The van der Waals surface area contributed by atoms with Gasteiger partial charge in [-0.3, -0.25) is 4.79 Å². The summed E-state index contributed by atoms with van der Waals surface area (Å²) in [6, 6.07) is 18.7. The Morgan fingerprint density at radius 1 is 1.03 bits per heavy atom. The van der Waals surface area contributed by atoms with Crippen molar-refractivity contribution in [1.82, 2.24) is 9.88 Å². The lowest BCUT2D eigenvalue weighted by molar-refractivity contribution is -0.134. The molecule has 1 saturated heterocycles. The Labute approximate surface area is 213 Å². The van der Waals surface area contributed by atoms with Crippen molar-refractivity contribution in [2.75, 3.05) is 25.0 Å². The van der Waals surface area contributed by atoms with E-state index in [1.807, 2.05) is 47.4 Å². The lowest BCUT2D eigenvalue weighted by Gasteiger charge is -2.26. The van der Waals surface area contributed by atoms with Crippen LogP contribution in [0.15, 0.2) is 65.1 Å². The van der Waals surface area contributed by atoms with Crippen molar-refractivity contribution >= 4 is 45.9 Å². The van der Waals surface area contributed by atoms with Crippen LogP contribution in [0.4, 0.5) is 5.69 Å². The molecular formula is C27H25Cl2N3O3. The molecule has 0 atom stereocenters. The normalized spacial score (nSPS) is 13.7. The van der Waals surface area contributed by atoms with Gasteiger partial charge in [0.2, 0.25) is 5.89 Å². The second-order valence-corrected chi connectivity index (χ2v) is 9.40. The minimum absolute atomic E-state index is 0.0494. The third-order valence-electron chi connectivity index (χ3n) is 6.02. The number of piperidine rings is 1. The van der Waals surface area contributed by atoms with Gasteiger partial charge in [-0.1, -0.05) is 35.3 Å². The molecular weight excluding hydrogens is 485 g/mol. The van der Waals surface area contributed by atoms with E-state index in [1.54, 1.807) is 18.2 Å². The Kier molecular flexibility index (Phi) is 7.11. The van der Waals surface area contributed by atoms with Gasteiger partial charge in [0.15, 0.2) is 12.2 Å². The summed E-state index contributed by atoms with van der Waals surface area (Å²) in [5.41, 5.74) is 4.04. The predicted molar refractivity (Wildman–Crippen MR) is 139 cm³/mol. The van der Waals surface area contributed by atoms with Gasteiger partial charge in [-0.05, 0) is 73.4 Å². The van der Waals surface area contributed by atoms with Gasteiger partial charge < -0.3 is 19.4 Å². The zero-order chi connectivity index (χ0) is 24.2. The lowest BCUT2D eigenvalue weighted by Crippen LogP contribution is -2.38. The molecule has 0 unspecified atom stereocenters. The maximum absolute atomic E-state index is 12.4. The number of nitrogens with zero attached hydrogens (tertiary/aromatic N) is 2. The molecule has 0 saturated carbocycles. The predicted octanol–water partition coefficient (Wildman–Crippen LogP) is 6.81. The first-order chi connectivity index (χ1) is 17.0. The quantitative estimate of drug-likeness (QED) is 0.296. The summed E-state index contributed by atoms with van der Waals surface area (Å²) in [6.07, 6.45) is 3.34. The van der Waals surface area contributed by atoms with Gasteiger partial charge >= 0.3 is 0 Å². The number of aromatic nitrogens is 1. The number of ether oxygens (including phenoxy) is 1. The topological polar surface area (TPSA) is 67.6 Å². The molecule has 8 heteroatoms. The number of nitrogens with one attached hydrogen (secondary N) is 1. The first kappa shape index (κ1) is 23.5. The van der Waals surface area contributed by atoms with Gasteiger partial charge in [0.1, 0.15) is 11.3 Å². The van der Waals surface area contributed by atoms with Crippen molar-refractivity contribution in [2.24, 2.45) is 0 Å². The van der Waals surface area contributed by atoms with Crippen LogP contribution in [0, 0.1) is 0 Å². The summed E-state index contributed by atoms with van der Waals surface area (Å²) >= 11 is 12.3. The third kappa shape index (κ3) is 5.72. The lowest BCUT2D eigenvalue weighted by atomic mass is 10.1. The van der Waals surface area contributed by atoms with Crippen molar-refractivity contribution in [2.45, 2.75) is 25.8 Å². The van der Waals surface area contributed by atoms with E-state index in [-0.39, 0.29) is 12.5 Å². The van der Waals surface area contributed by atoms with Gasteiger partial charge in [0.25, 0.3) is 5.91 Å². The highest BCUT2D eigenvalue weighted by Gasteiger charge is 2.17. The number of carbonyl (C=O) groups is 1. The number of fused-ring (bicyclic) bond motifs is 1. The highest BCUT2D eigenvalue weighted by atomic mass is 35.5. The molecule has 6 nitrogen and oxygen atoms in total. The van der Waals surface area contributed by atoms with Gasteiger partial charge in [0, 0.05) is 30.3 Å². The molecule has 1 fully saturated rings. The average Bonchev–Trinajstić information content (AvgIpc) is 3.30. The van der Waals surface area contributed by atoms with E-state index >= 15 is 0 Å². The van der Waals surface area contributed by atoms with Crippen LogP contribution in [-0.2, 0) is 11.3 Å². The smallest absolute Gasteiger partial charge is 0.260 e. The molecule has 1 aromatic heterocycles. The highest BCUT2D eigenvalue weighted by Crippen LogP contribution is 2.32.